The largest absolute Gasteiger partial charge is 0.469 e. The van der Waals surface area contributed by atoms with Crippen molar-refractivity contribution in [3.05, 3.63) is 48.6 Å². The van der Waals surface area contributed by atoms with E-state index in [1.165, 1.54) is 83.5 Å². The maximum Gasteiger partial charge on any atom is 0.469 e. The van der Waals surface area contributed by atoms with Gasteiger partial charge in [0.1, 0.15) is 6.61 Å². The van der Waals surface area contributed by atoms with Crippen molar-refractivity contribution in [3.8, 4) is 0 Å². The first-order chi connectivity index (χ1) is 27.1. The maximum atomic E-state index is 12.5. The predicted molar refractivity (Wildman–Crippen MR) is 225 cm³/mol. The lowest BCUT2D eigenvalue weighted by atomic mass is 9.90. The summed E-state index contributed by atoms with van der Waals surface area (Å²) in [6.07, 6.45) is 40.3. The van der Waals surface area contributed by atoms with E-state index in [9.17, 15) is 24.1 Å². The number of rotatable bonds is 37. The van der Waals surface area contributed by atoms with Gasteiger partial charge in [0, 0.05) is 18.8 Å². The van der Waals surface area contributed by atoms with Crippen molar-refractivity contribution in [2.24, 2.45) is 11.8 Å². The molecule has 0 aromatic carbocycles. The second-order valence-corrected chi connectivity index (χ2v) is 16.6. The second kappa shape index (κ2) is 34.7. The summed E-state index contributed by atoms with van der Waals surface area (Å²) in [5.41, 5.74) is 0. The summed E-state index contributed by atoms with van der Waals surface area (Å²) in [6.45, 7) is 3.42. The molecule has 0 aliphatic heterocycles. The highest BCUT2D eigenvalue weighted by atomic mass is 31.2. The molecule has 56 heavy (non-hydrogen) atoms. The van der Waals surface area contributed by atoms with Crippen molar-refractivity contribution in [2.75, 3.05) is 13.2 Å². The van der Waals surface area contributed by atoms with Crippen LogP contribution in [0.2, 0.25) is 0 Å². The molecule has 0 aromatic rings. The first-order valence-corrected chi connectivity index (χ1v) is 23.5. The third-order valence-electron chi connectivity index (χ3n) is 10.1. The van der Waals surface area contributed by atoms with Crippen LogP contribution in [0.1, 0.15) is 181 Å². The van der Waals surface area contributed by atoms with Crippen LogP contribution in [-0.4, -0.2) is 58.0 Å². The molecule has 322 valence electrons. The van der Waals surface area contributed by atoms with Crippen LogP contribution in [0.25, 0.3) is 0 Å². The average molecular weight is 809 g/mol. The molecule has 0 radical (unpaired) electrons. The first-order valence-electron chi connectivity index (χ1n) is 22.0. The molecule has 10 nitrogen and oxygen atoms in total. The van der Waals surface area contributed by atoms with Crippen LogP contribution in [-0.2, 0) is 32.9 Å². The van der Waals surface area contributed by atoms with Gasteiger partial charge < -0.3 is 24.4 Å². The maximum absolute atomic E-state index is 12.5. The Bertz CT molecular complexity index is 1190. The van der Waals surface area contributed by atoms with Crippen LogP contribution in [0.4, 0.5) is 0 Å². The predicted octanol–water partition coefficient (Wildman–Crippen LogP) is 11.1. The highest BCUT2D eigenvalue weighted by Gasteiger charge is 2.27. The number of unbranched alkanes of at least 4 members (excludes halogenated alkanes) is 18. The third kappa shape index (κ3) is 30.7. The molecule has 0 amide bonds. The molecule has 0 fully saturated rings. The van der Waals surface area contributed by atoms with Crippen LogP contribution < -0.4 is 0 Å². The molecule has 0 aromatic heterocycles. The Morgan fingerprint density at radius 1 is 0.714 bits per heavy atom. The summed E-state index contributed by atoms with van der Waals surface area (Å²) >= 11 is 0. The minimum atomic E-state index is -4.81. The minimum Gasteiger partial charge on any atom is -0.462 e. The molecule has 0 saturated heterocycles. The lowest BCUT2D eigenvalue weighted by molar-refractivity contribution is -0.161. The van der Waals surface area contributed by atoms with Gasteiger partial charge in [0.15, 0.2) is 11.9 Å². The number of ether oxygens (including phenoxy) is 2. The van der Waals surface area contributed by atoms with Gasteiger partial charge in [-0.1, -0.05) is 153 Å². The van der Waals surface area contributed by atoms with Crippen molar-refractivity contribution in [1.82, 2.24) is 0 Å². The third-order valence-corrected chi connectivity index (χ3v) is 10.6. The average Bonchev–Trinajstić information content (AvgIpc) is 3.52. The van der Waals surface area contributed by atoms with Crippen LogP contribution in [0.3, 0.4) is 0 Å². The number of ketones is 1. The van der Waals surface area contributed by atoms with Crippen LogP contribution in [0, 0.1) is 11.8 Å². The van der Waals surface area contributed by atoms with Crippen molar-refractivity contribution in [1.29, 1.82) is 0 Å². The number of allylic oxidation sites excluding steroid dienone is 7. The molecular weight excluding hydrogens is 731 g/mol. The second-order valence-electron chi connectivity index (χ2n) is 15.3. The zero-order valence-electron chi connectivity index (χ0n) is 34.9. The number of carbonyl (C=O) groups excluding carboxylic acids is 3. The zero-order valence-corrected chi connectivity index (χ0v) is 35.8. The molecule has 0 heterocycles. The molecule has 1 aliphatic carbocycles. The van der Waals surface area contributed by atoms with Gasteiger partial charge in [-0.05, 0) is 69.8 Å². The van der Waals surface area contributed by atoms with E-state index in [0.717, 1.165) is 38.5 Å². The van der Waals surface area contributed by atoms with Gasteiger partial charge in [-0.3, -0.25) is 18.9 Å². The van der Waals surface area contributed by atoms with Crippen molar-refractivity contribution in [2.45, 2.75) is 193 Å². The molecule has 3 N–H and O–H groups in total. The number of phosphoric acid groups is 1. The smallest absolute Gasteiger partial charge is 0.462 e. The number of aliphatic hydroxyl groups is 1. The van der Waals surface area contributed by atoms with Gasteiger partial charge in [-0.15, -0.1) is 0 Å². The Labute approximate surface area is 339 Å². The normalized spacial score (nSPS) is 17.1. The molecule has 0 bridgehead atoms. The fourth-order valence-corrected chi connectivity index (χ4v) is 7.01. The number of esters is 2. The van der Waals surface area contributed by atoms with Gasteiger partial charge in [-0.25, -0.2) is 4.57 Å². The summed E-state index contributed by atoms with van der Waals surface area (Å²) in [7, 11) is -4.81. The summed E-state index contributed by atoms with van der Waals surface area (Å²) in [5.74, 6) is -1.25. The Hall–Kier alpha value is -2.36. The summed E-state index contributed by atoms with van der Waals surface area (Å²) in [4.78, 5) is 55.4. The molecule has 0 saturated carbocycles. The van der Waals surface area contributed by atoms with Gasteiger partial charge >= 0.3 is 19.8 Å². The topological polar surface area (TPSA) is 157 Å². The number of carbonyl (C=O) groups is 3. The van der Waals surface area contributed by atoms with Crippen LogP contribution in [0.15, 0.2) is 48.6 Å². The number of aliphatic hydroxyl groups excluding tert-OH is 1. The molecular formula is C45H77O10P. The Morgan fingerprint density at radius 3 is 1.88 bits per heavy atom. The molecule has 0 spiro atoms. The van der Waals surface area contributed by atoms with Crippen LogP contribution in [0.5, 0.6) is 0 Å². The van der Waals surface area contributed by atoms with E-state index >= 15 is 0 Å². The molecule has 1 rings (SSSR count). The number of hydrogen-bond donors (Lipinski definition) is 3. The molecule has 0 unspecified atom stereocenters. The fourth-order valence-electron chi connectivity index (χ4n) is 6.65. The van der Waals surface area contributed by atoms with Gasteiger partial charge in [0.05, 0.1) is 12.7 Å². The summed E-state index contributed by atoms with van der Waals surface area (Å²) in [5, 5.41) is 10.2. The van der Waals surface area contributed by atoms with E-state index < -0.39 is 38.6 Å². The monoisotopic (exact) mass is 809 g/mol. The minimum absolute atomic E-state index is 0.0276. The Morgan fingerprint density at radius 2 is 1.25 bits per heavy atom. The first kappa shape index (κ1) is 51.7. The van der Waals surface area contributed by atoms with E-state index in [1.807, 2.05) is 24.3 Å². The molecule has 1 aliphatic rings. The standard InChI is InChI=1S/C45H77O10P/c1-3-5-7-8-9-10-11-12-13-14-15-16-17-18-19-20-21-22-28-32-45(49)55-41(38-54-56(50,51)52)37-53-44(48)31-27-24-23-26-29-39-33-36-43(47)42(39)35-34-40(46)30-25-6-4-2/h12-13,23,26,33-36,39-42,46H,3-11,14-22,24-25,27-32,37-38H2,1-2H3,(H2,50,51,52)/b13-12-,26-23-,35-34+/t39-,40-,41+,42+/m0/s1. The lowest BCUT2D eigenvalue weighted by Crippen LogP contribution is -2.29. The highest BCUT2D eigenvalue weighted by molar-refractivity contribution is 7.46. The Kier molecular flexibility index (Phi) is 32.0. The summed E-state index contributed by atoms with van der Waals surface area (Å²) < 4.78 is 26.4. The zero-order chi connectivity index (χ0) is 41.1. The van der Waals surface area contributed by atoms with Gasteiger partial charge in [0.2, 0.25) is 0 Å². The van der Waals surface area contributed by atoms with Gasteiger partial charge in [-0.2, -0.15) is 0 Å². The quantitative estimate of drug-likeness (QED) is 0.0239. The SMILES string of the molecule is CCCCCCCC/C=C\CCCCCCCCCCCC(=O)O[C@H](COC(=O)CCC/C=C\C[C@H]1C=CC(=O)[C@@H]1/C=C/[C@@H](O)CCCCC)COP(=O)(O)O. The fraction of sp³-hybridized carbons (Fsp3) is 0.756. The molecule has 11 heteroatoms. The number of phosphoric ester groups is 1. The van der Waals surface area contributed by atoms with Crippen LogP contribution >= 0.6 is 7.82 Å². The Balaban J connectivity index is 2.21. The van der Waals surface area contributed by atoms with E-state index in [4.69, 9.17) is 19.3 Å². The van der Waals surface area contributed by atoms with Crippen molar-refractivity contribution >= 4 is 25.5 Å². The van der Waals surface area contributed by atoms with Crippen molar-refractivity contribution in [3.63, 3.8) is 0 Å². The van der Waals surface area contributed by atoms with E-state index in [1.54, 1.807) is 12.2 Å². The van der Waals surface area contributed by atoms with Gasteiger partial charge in [0.25, 0.3) is 0 Å². The molecule has 4 atom stereocenters. The van der Waals surface area contributed by atoms with Crippen molar-refractivity contribution < 1.29 is 47.8 Å². The summed E-state index contributed by atoms with van der Waals surface area (Å²) in [6, 6.07) is 0. The number of hydrogen-bond acceptors (Lipinski definition) is 8. The van der Waals surface area contributed by atoms with E-state index in [-0.39, 0.29) is 37.1 Å². The van der Waals surface area contributed by atoms with E-state index in [2.05, 4.69) is 30.5 Å². The lowest BCUT2D eigenvalue weighted by Gasteiger charge is -2.18. The highest BCUT2D eigenvalue weighted by Crippen LogP contribution is 2.36. The van der Waals surface area contributed by atoms with E-state index in [0.29, 0.717) is 32.1 Å².